The summed E-state index contributed by atoms with van der Waals surface area (Å²) in [6.07, 6.45) is 0. The highest BCUT2D eigenvalue weighted by atomic mass is 16.6. The molecule has 7 nitrogen and oxygen atoms in total. The molecule has 0 radical (unpaired) electrons. The Labute approximate surface area is 195 Å². The van der Waals surface area contributed by atoms with E-state index in [-0.39, 0.29) is 33.6 Å². The van der Waals surface area contributed by atoms with Gasteiger partial charge in [-0.2, -0.15) is 0 Å². The highest BCUT2D eigenvalue weighted by molar-refractivity contribution is 5.97. The molecule has 0 spiro atoms. The average Bonchev–Trinajstić information content (AvgIpc) is 2.83. The fraction of sp³-hybridized carbons (Fsp3) is 0.185. The molecule has 0 fully saturated rings. The Hall–Kier alpha value is -4.26. The quantitative estimate of drug-likeness (QED) is 0.202. The number of Topliss-reactive ketones (excluding diaryl/α,β-unsaturated/α-hetero) is 1. The fourth-order valence-corrected chi connectivity index (χ4v) is 3.56. The number of hydrogen-bond donors (Lipinski definition) is 0. The van der Waals surface area contributed by atoms with Gasteiger partial charge in [0.25, 0.3) is 5.69 Å². The minimum Gasteiger partial charge on any atom is -0.478 e. The van der Waals surface area contributed by atoms with Gasteiger partial charge in [-0.3, -0.25) is 19.7 Å². The van der Waals surface area contributed by atoms with Crippen molar-refractivity contribution in [2.75, 3.05) is 6.61 Å². The van der Waals surface area contributed by atoms with Crippen LogP contribution in [0.1, 0.15) is 36.7 Å². The van der Waals surface area contributed by atoms with E-state index in [0.717, 1.165) is 5.56 Å². The van der Waals surface area contributed by atoms with Crippen molar-refractivity contribution in [1.29, 1.82) is 0 Å². The molecule has 0 aliphatic heterocycles. The number of ketones is 1. The summed E-state index contributed by atoms with van der Waals surface area (Å²) in [5, 5.41) is 11.2. The van der Waals surface area contributed by atoms with Gasteiger partial charge in [0.1, 0.15) is 5.58 Å². The average molecular weight is 457 g/mol. The fourth-order valence-electron chi connectivity index (χ4n) is 3.56. The third kappa shape index (κ3) is 4.59. The van der Waals surface area contributed by atoms with E-state index in [1.807, 2.05) is 24.3 Å². The molecule has 0 bridgehead atoms. The van der Waals surface area contributed by atoms with E-state index in [9.17, 15) is 19.7 Å². The highest BCUT2D eigenvalue weighted by Crippen LogP contribution is 2.33. The van der Waals surface area contributed by atoms with Gasteiger partial charge < -0.3 is 9.15 Å². The largest absolute Gasteiger partial charge is 0.478 e. The molecule has 4 aromatic rings. The lowest BCUT2D eigenvalue weighted by atomic mass is 9.86. The molecular formula is C27H23NO6. The second-order valence-electron chi connectivity index (χ2n) is 8.93. The molecule has 7 heteroatoms. The first-order valence-corrected chi connectivity index (χ1v) is 10.7. The van der Waals surface area contributed by atoms with Crippen LogP contribution in [0, 0.1) is 10.1 Å². The Morgan fingerprint density at radius 3 is 2.24 bits per heavy atom. The molecule has 0 aliphatic rings. The number of benzene rings is 3. The van der Waals surface area contributed by atoms with E-state index in [1.165, 1.54) is 24.3 Å². The van der Waals surface area contributed by atoms with Crippen LogP contribution in [0.4, 0.5) is 5.69 Å². The van der Waals surface area contributed by atoms with E-state index in [0.29, 0.717) is 16.5 Å². The third-order valence-corrected chi connectivity index (χ3v) is 5.52. The summed E-state index contributed by atoms with van der Waals surface area (Å²) in [4.78, 5) is 36.2. The maximum atomic E-state index is 13.2. The predicted molar refractivity (Wildman–Crippen MR) is 130 cm³/mol. The predicted octanol–water partition coefficient (Wildman–Crippen LogP) is 5.93. The number of non-ortho nitro benzene ring substituents is 1. The van der Waals surface area contributed by atoms with E-state index in [2.05, 4.69) is 20.8 Å². The summed E-state index contributed by atoms with van der Waals surface area (Å²) in [7, 11) is 0. The van der Waals surface area contributed by atoms with Gasteiger partial charge in [-0.25, -0.2) is 0 Å². The van der Waals surface area contributed by atoms with Crippen molar-refractivity contribution in [2.45, 2.75) is 26.2 Å². The number of nitro benzene ring substituents is 1. The van der Waals surface area contributed by atoms with Gasteiger partial charge in [-0.1, -0.05) is 57.2 Å². The third-order valence-electron chi connectivity index (χ3n) is 5.52. The summed E-state index contributed by atoms with van der Waals surface area (Å²) >= 11 is 0. The highest BCUT2D eigenvalue weighted by Gasteiger charge is 2.20. The monoisotopic (exact) mass is 457 g/mol. The Balaban J connectivity index is 1.71. The minimum absolute atomic E-state index is 0.0424. The molecular weight excluding hydrogens is 434 g/mol. The molecule has 0 saturated carbocycles. The molecule has 4 rings (SSSR count). The summed E-state index contributed by atoms with van der Waals surface area (Å²) in [5.41, 5.74) is 1.88. The topological polar surface area (TPSA) is 99.7 Å². The molecule has 0 N–H and O–H groups in total. The number of rotatable bonds is 6. The summed E-state index contributed by atoms with van der Waals surface area (Å²) in [6, 6.07) is 19.7. The lowest BCUT2D eigenvalue weighted by Gasteiger charge is -2.19. The SMILES string of the molecule is CC(C)(C)c1ccc(-c2oc3ccccc3c(=O)c2OCC(=O)c2ccc([N+](=O)[O-])cc2)cc1. The molecule has 1 aromatic heterocycles. The minimum atomic E-state index is -0.539. The van der Waals surface area contributed by atoms with Gasteiger partial charge in [0.15, 0.2) is 18.2 Å². The van der Waals surface area contributed by atoms with Crippen LogP contribution in [0.2, 0.25) is 0 Å². The van der Waals surface area contributed by atoms with Gasteiger partial charge in [0, 0.05) is 23.3 Å². The Kier molecular flexibility index (Phi) is 6.03. The van der Waals surface area contributed by atoms with Gasteiger partial charge in [0.2, 0.25) is 11.2 Å². The maximum Gasteiger partial charge on any atom is 0.269 e. The van der Waals surface area contributed by atoms with Crippen LogP contribution in [0.25, 0.3) is 22.3 Å². The molecule has 0 unspecified atom stereocenters. The zero-order valence-electron chi connectivity index (χ0n) is 19.0. The summed E-state index contributed by atoms with van der Waals surface area (Å²) < 4.78 is 11.8. The van der Waals surface area contributed by atoms with Crippen LogP contribution in [-0.4, -0.2) is 17.3 Å². The molecule has 3 aromatic carbocycles. The molecule has 0 saturated heterocycles. The van der Waals surface area contributed by atoms with Crippen molar-refractivity contribution < 1.29 is 18.9 Å². The van der Waals surface area contributed by atoms with Crippen LogP contribution in [0.3, 0.4) is 0 Å². The molecule has 1 heterocycles. The summed E-state index contributed by atoms with van der Waals surface area (Å²) in [6.45, 7) is 5.90. The first-order valence-electron chi connectivity index (χ1n) is 10.7. The zero-order valence-corrected chi connectivity index (χ0v) is 19.0. The van der Waals surface area contributed by atoms with Crippen molar-refractivity contribution in [2.24, 2.45) is 0 Å². The molecule has 0 atom stereocenters. The van der Waals surface area contributed by atoms with Gasteiger partial charge in [-0.05, 0) is 35.2 Å². The van der Waals surface area contributed by atoms with Gasteiger partial charge in [-0.15, -0.1) is 0 Å². The number of ether oxygens (including phenoxy) is 1. The van der Waals surface area contributed by atoms with Crippen LogP contribution in [0.5, 0.6) is 5.75 Å². The first-order chi connectivity index (χ1) is 16.1. The van der Waals surface area contributed by atoms with E-state index < -0.39 is 17.3 Å². The van der Waals surface area contributed by atoms with Crippen LogP contribution >= 0.6 is 0 Å². The number of carbonyl (C=O) groups excluding carboxylic acids is 1. The number of hydrogen-bond acceptors (Lipinski definition) is 6. The normalized spacial score (nSPS) is 11.4. The number of nitrogens with zero attached hydrogens (tertiary/aromatic N) is 1. The summed E-state index contributed by atoms with van der Waals surface area (Å²) in [5.74, 6) is -0.241. The first kappa shape index (κ1) is 22.9. The van der Waals surface area contributed by atoms with Crippen molar-refractivity contribution in [3.05, 3.63) is 104 Å². The second-order valence-corrected chi connectivity index (χ2v) is 8.93. The Bertz CT molecular complexity index is 1430. The van der Waals surface area contributed by atoms with Crippen LogP contribution in [0.15, 0.2) is 82.0 Å². The van der Waals surface area contributed by atoms with Gasteiger partial charge >= 0.3 is 0 Å². The van der Waals surface area contributed by atoms with Crippen LogP contribution in [-0.2, 0) is 5.41 Å². The second kappa shape index (κ2) is 8.94. The van der Waals surface area contributed by atoms with Crippen molar-refractivity contribution >= 4 is 22.4 Å². The number of carbonyl (C=O) groups is 1. The maximum absolute atomic E-state index is 13.2. The van der Waals surface area contributed by atoms with E-state index >= 15 is 0 Å². The lowest BCUT2D eigenvalue weighted by molar-refractivity contribution is -0.384. The number of nitro groups is 1. The lowest BCUT2D eigenvalue weighted by Crippen LogP contribution is -2.17. The van der Waals surface area contributed by atoms with Gasteiger partial charge in [0.05, 0.1) is 10.3 Å². The van der Waals surface area contributed by atoms with Crippen molar-refractivity contribution in [3.8, 4) is 17.1 Å². The molecule has 34 heavy (non-hydrogen) atoms. The number of fused-ring (bicyclic) bond motifs is 1. The molecule has 172 valence electrons. The molecule has 0 aliphatic carbocycles. The van der Waals surface area contributed by atoms with Crippen molar-refractivity contribution in [3.63, 3.8) is 0 Å². The van der Waals surface area contributed by atoms with Crippen molar-refractivity contribution in [1.82, 2.24) is 0 Å². The van der Waals surface area contributed by atoms with E-state index in [4.69, 9.17) is 9.15 Å². The Morgan fingerprint density at radius 2 is 1.62 bits per heavy atom. The van der Waals surface area contributed by atoms with E-state index in [1.54, 1.807) is 24.3 Å². The zero-order chi connectivity index (χ0) is 24.5. The standard InChI is InChI=1S/C27H23NO6/c1-27(2,3)19-12-8-18(9-13-19)25-26(24(30)21-6-4-5-7-23(21)34-25)33-16-22(29)17-10-14-20(15-11-17)28(31)32/h4-15H,16H2,1-3H3. The molecule has 0 amide bonds. The smallest absolute Gasteiger partial charge is 0.269 e. The van der Waals surface area contributed by atoms with Crippen LogP contribution < -0.4 is 10.2 Å². The number of para-hydroxylation sites is 1. The Morgan fingerprint density at radius 1 is 0.971 bits per heavy atom.